The Morgan fingerprint density at radius 3 is 2.56 bits per heavy atom. The van der Waals surface area contributed by atoms with Gasteiger partial charge in [-0.1, -0.05) is 19.9 Å². The molecule has 1 N–H and O–H groups in total. The van der Waals surface area contributed by atoms with Gasteiger partial charge in [0.05, 0.1) is 20.3 Å². The second-order valence-electron chi connectivity index (χ2n) is 8.29. The molecule has 1 heterocycles. The molecule has 27 heavy (non-hydrogen) atoms. The average molecular weight is 380 g/mol. The lowest BCUT2D eigenvalue weighted by molar-refractivity contribution is 0.0230. The van der Waals surface area contributed by atoms with Crippen LogP contribution in [0, 0.1) is 11.8 Å². The summed E-state index contributed by atoms with van der Waals surface area (Å²) in [7, 11) is 3.39. The Labute approximate surface area is 164 Å². The molecule has 1 saturated heterocycles. The molecule has 0 saturated carbocycles. The number of nitrogens with one attached hydrogen (secondary N) is 1. The molecule has 0 bridgehead atoms. The lowest BCUT2D eigenvalue weighted by Gasteiger charge is -2.25. The molecule has 2 rings (SSSR count). The first-order valence-corrected chi connectivity index (χ1v) is 10.0. The van der Waals surface area contributed by atoms with Gasteiger partial charge in [-0.2, -0.15) is 0 Å². The van der Waals surface area contributed by atoms with Crippen molar-refractivity contribution < 1.29 is 18.9 Å². The third-order valence-corrected chi connectivity index (χ3v) is 5.20. The molecule has 1 aliphatic rings. The maximum Gasteiger partial charge on any atom is 0.161 e. The van der Waals surface area contributed by atoms with Gasteiger partial charge in [-0.05, 0) is 56.2 Å². The van der Waals surface area contributed by atoms with Gasteiger partial charge in [0.1, 0.15) is 5.72 Å². The summed E-state index contributed by atoms with van der Waals surface area (Å²) in [6, 6.07) is 6.70. The minimum absolute atomic E-state index is 0.213. The second-order valence-corrected chi connectivity index (χ2v) is 8.29. The third kappa shape index (κ3) is 6.98. The molecule has 154 valence electrons. The van der Waals surface area contributed by atoms with Crippen molar-refractivity contribution in [3.05, 3.63) is 23.8 Å². The molecule has 2 atom stereocenters. The number of hydrogen-bond donors (Lipinski definition) is 1. The van der Waals surface area contributed by atoms with Gasteiger partial charge in [-0.25, -0.2) is 0 Å². The second kappa shape index (κ2) is 10.3. The molecule has 5 heteroatoms. The van der Waals surface area contributed by atoms with Gasteiger partial charge in [-0.3, -0.25) is 5.32 Å². The van der Waals surface area contributed by atoms with Gasteiger partial charge < -0.3 is 18.9 Å². The zero-order chi connectivity index (χ0) is 19.9. The molecule has 0 radical (unpaired) electrons. The highest BCUT2D eigenvalue weighted by Gasteiger charge is 2.32. The molecular formula is C22H37NO4. The first-order chi connectivity index (χ1) is 12.8. The predicted octanol–water partition coefficient (Wildman–Crippen LogP) is 4.04. The summed E-state index contributed by atoms with van der Waals surface area (Å²) in [6.07, 6.45) is 2.99. The first kappa shape index (κ1) is 22.0. The first-order valence-electron chi connectivity index (χ1n) is 10.0. The highest BCUT2D eigenvalue weighted by Crippen LogP contribution is 2.32. The minimum atomic E-state index is -0.213. The molecule has 1 fully saturated rings. The number of methoxy groups -OCH3 is 2. The van der Waals surface area contributed by atoms with Crippen molar-refractivity contribution in [1.29, 1.82) is 0 Å². The van der Waals surface area contributed by atoms with Crippen molar-refractivity contribution in [2.75, 3.05) is 34.0 Å². The Morgan fingerprint density at radius 1 is 1.19 bits per heavy atom. The summed E-state index contributed by atoms with van der Waals surface area (Å²) in [6.45, 7) is 10.9. The molecule has 0 amide bonds. The fourth-order valence-corrected chi connectivity index (χ4v) is 3.62. The summed E-state index contributed by atoms with van der Waals surface area (Å²) < 4.78 is 22.3. The van der Waals surface area contributed by atoms with E-state index in [2.05, 4.69) is 45.1 Å². The summed E-state index contributed by atoms with van der Waals surface area (Å²) in [5.41, 5.74) is 1.07. The predicted molar refractivity (Wildman–Crippen MR) is 109 cm³/mol. The largest absolute Gasteiger partial charge is 0.493 e. The van der Waals surface area contributed by atoms with E-state index < -0.39 is 0 Å². The fraction of sp³-hybridized carbons (Fsp3) is 0.727. The van der Waals surface area contributed by atoms with Crippen LogP contribution in [0.5, 0.6) is 11.5 Å². The lowest BCUT2D eigenvalue weighted by Crippen LogP contribution is -2.39. The Balaban J connectivity index is 2.01. The van der Waals surface area contributed by atoms with Crippen LogP contribution in [0.25, 0.3) is 0 Å². The molecule has 1 aromatic rings. The van der Waals surface area contributed by atoms with Crippen LogP contribution >= 0.6 is 0 Å². The Bertz CT molecular complexity index is 573. The number of rotatable bonds is 11. The topological polar surface area (TPSA) is 49.0 Å². The van der Waals surface area contributed by atoms with Crippen molar-refractivity contribution in [3.63, 3.8) is 0 Å². The van der Waals surface area contributed by atoms with E-state index >= 15 is 0 Å². The van der Waals surface area contributed by atoms with E-state index in [1.54, 1.807) is 14.2 Å². The van der Waals surface area contributed by atoms with Crippen molar-refractivity contribution >= 4 is 0 Å². The van der Waals surface area contributed by atoms with Gasteiger partial charge in [-0.15, -0.1) is 0 Å². The van der Waals surface area contributed by atoms with Gasteiger partial charge in [0.15, 0.2) is 11.5 Å². The van der Waals surface area contributed by atoms with E-state index in [4.69, 9.17) is 18.9 Å². The summed E-state index contributed by atoms with van der Waals surface area (Å²) in [5, 5.41) is 3.59. The summed E-state index contributed by atoms with van der Waals surface area (Å²) in [5.74, 6) is 2.78. The number of benzene rings is 1. The van der Waals surface area contributed by atoms with Gasteiger partial charge in [0, 0.05) is 26.2 Å². The smallest absolute Gasteiger partial charge is 0.161 e. The minimum Gasteiger partial charge on any atom is -0.493 e. The van der Waals surface area contributed by atoms with E-state index in [0.717, 1.165) is 37.4 Å². The van der Waals surface area contributed by atoms with E-state index in [9.17, 15) is 0 Å². The van der Waals surface area contributed by atoms with E-state index in [0.29, 0.717) is 31.1 Å². The van der Waals surface area contributed by atoms with E-state index in [-0.39, 0.29) is 5.72 Å². The van der Waals surface area contributed by atoms with Gasteiger partial charge in [0.2, 0.25) is 0 Å². The van der Waals surface area contributed by atoms with E-state index in [1.165, 1.54) is 5.56 Å². The summed E-state index contributed by atoms with van der Waals surface area (Å²) in [4.78, 5) is 0. The van der Waals surface area contributed by atoms with Crippen LogP contribution in [0.2, 0.25) is 0 Å². The Hall–Kier alpha value is -1.30. The van der Waals surface area contributed by atoms with Crippen LogP contribution in [0.1, 0.15) is 46.1 Å². The highest BCUT2D eigenvalue weighted by atomic mass is 16.5. The average Bonchev–Trinajstić information content (AvgIpc) is 2.97. The normalized spacial score (nSPS) is 20.0. The van der Waals surface area contributed by atoms with Crippen LogP contribution < -0.4 is 14.8 Å². The van der Waals surface area contributed by atoms with Crippen LogP contribution in [-0.2, 0) is 15.9 Å². The van der Waals surface area contributed by atoms with Crippen molar-refractivity contribution in [1.82, 2.24) is 5.32 Å². The van der Waals surface area contributed by atoms with Gasteiger partial charge >= 0.3 is 0 Å². The Kier molecular flexibility index (Phi) is 8.39. The monoisotopic (exact) mass is 379 g/mol. The molecule has 0 aromatic heterocycles. The van der Waals surface area contributed by atoms with Crippen LogP contribution in [0.4, 0.5) is 0 Å². The highest BCUT2D eigenvalue weighted by molar-refractivity contribution is 5.43. The maximum absolute atomic E-state index is 5.94. The molecule has 1 aromatic carbocycles. The zero-order valence-corrected chi connectivity index (χ0v) is 17.8. The standard InChI is InChI=1S/C22H37NO4/c1-16(2)18(14-19-15-27-22(3,4)23-19)12-17-8-9-20(25-6)21(13-17)26-11-7-10-24-5/h8-9,13,16,18-19,23H,7,10-12,14-15H2,1-6H3/t18-,19-/m0/s1. The Morgan fingerprint density at radius 2 is 1.96 bits per heavy atom. The zero-order valence-electron chi connectivity index (χ0n) is 17.8. The number of hydrogen-bond acceptors (Lipinski definition) is 5. The number of ether oxygens (including phenoxy) is 4. The molecule has 5 nitrogen and oxygen atoms in total. The van der Waals surface area contributed by atoms with Crippen molar-refractivity contribution in [3.8, 4) is 11.5 Å². The molecule has 0 aliphatic carbocycles. The molecule has 1 aliphatic heterocycles. The quantitative estimate of drug-likeness (QED) is 0.588. The van der Waals surface area contributed by atoms with Crippen LogP contribution in [-0.4, -0.2) is 45.8 Å². The van der Waals surface area contributed by atoms with Crippen LogP contribution in [0.15, 0.2) is 18.2 Å². The molecular weight excluding hydrogens is 342 g/mol. The summed E-state index contributed by atoms with van der Waals surface area (Å²) >= 11 is 0. The lowest BCUT2D eigenvalue weighted by atomic mass is 9.84. The fourth-order valence-electron chi connectivity index (χ4n) is 3.62. The molecule has 0 spiro atoms. The third-order valence-electron chi connectivity index (χ3n) is 5.20. The van der Waals surface area contributed by atoms with Crippen molar-refractivity contribution in [2.45, 2.75) is 58.7 Å². The van der Waals surface area contributed by atoms with Crippen molar-refractivity contribution in [2.24, 2.45) is 11.8 Å². The van der Waals surface area contributed by atoms with Gasteiger partial charge in [0.25, 0.3) is 0 Å². The van der Waals surface area contributed by atoms with E-state index in [1.807, 2.05) is 6.07 Å². The molecule has 0 unspecified atom stereocenters. The van der Waals surface area contributed by atoms with Crippen LogP contribution in [0.3, 0.4) is 0 Å². The SMILES string of the molecule is COCCCOc1cc(C[C@@H](C[C@H]2COC(C)(C)N2)C(C)C)ccc1OC. The maximum atomic E-state index is 5.94.